The Kier molecular flexibility index (Phi) is 5.09. The Balaban J connectivity index is 2.10. The molecule has 0 heterocycles. The number of carboxylic acids is 1. The van der Waals surface area contributed by atoms with Crippen LogP contribution in [0.25, 0.3) is 0 Å². The summed E-state index contributed by atoms with van der Waals surface area (Å²) in [6, 6.07) is 13.2. The highest BCUT2D eigenvalue weighted by molar-refractivity contribution is 9.10. The third-order valence-electron chi connectivity index (χ3n) is 2.71. The average Bonchev–Trinajstić information content (AvgIpc) is 2.46. The molecule has 5 heteroatoms. The third-order valence-corrected chi connectivity index (χ3v) is 4.46. The van der Waals surface area contributed by atoms with Crippen LogP contribution in [0.2, 0.25) is 0 Å². The molecule has 0 amide bonds. The van der Waals surface area contributed by atoms with Gasteiger partial charge in [0.25, 0.3) is 0 Å². The molecule has 0 spiro atoms. The Hall–Kier alpha value is -1.46. The smallest absolute Gasteiger partial charge is 0.336 e. The van der Waals surface area contributed by atoms with Crippen LogP contribution in [0.4, 0.5) is 0 Å². The van der Waals surface area contributed by atoms with Crippen LogP contribution >= 0.6 is 27.7 Å². The molecular weight excluding hydrogens is 340 g/mol. The molecule has 0 saturated carbocycles. The van der Waals surface area contributed by atoms with E-state index in [0.29, 0.717) is 4.47 Å². The molecule has 0 unspecified atom stereocenters. The Labute approximate surface area is 130 Å². The van der Waals surface area contributed by atoms with Gasteiger partial charge in [-0.1, -0.05) is 12.1 Å². The summed E-state index contributed by atoms with van der Waals surface area (Å²) >= 11 is 4.83. The molecular formula is C15H13BrO3S. The normalized spacial score (nSPS) is 10.3. The standard InChI is InChI=1S/C15H13BrO3S/c1-19-11-4-2-3-10(7-11)9-20-12-5-6-14(16)13(8-12)15(17)18/h2-8H,9H2,1H3,(H,17,18). The van der Waals surface area contributed by atoms with Crippen molar-refractivity contribution < 1.29 is 14.6 Å². The van der Waals surface area contributed by atoms with Crippen molar-refractivity contribution in [3.05, 3.63) is 58.1 Å². The van der Waals surface area contributed by atoms with Crippen LogP contribution in [-0.4, -0.2) is 18.2 Å². The molecule has 0 fully saturated rings. The minimum atomic E-state index is -0.930. The lowest BCUT2D eigenvalue weighted by molar-refractivity contribution is 0.0695. The van der Waals surface area contributed by atoms with Crippen molar-refractivity contribution in [1.29, 1.82) is 0 Å². The van der Waals surface area contributed by atoms with Crippen molar-refractivity contribution in [1.82, 2.24) is 0 Å². The summed E-state index contributed by atoms with van der Waals surface area (Å²) in [6.07, 6.45) is 0. The zero-order valence-electron chi connectivity index (χ0n) is 10.8. The van der Waals surface area contributed by atoms with Crippen molar-refractivity contribution in [2.75, 3.05) is 7.11 Å². The van der Waals surface area contributed by atoms with Gasteiger partial charge in [-0.15, -0.1) is 11.8 Å². The van der Waals surface area contributed by atoms with Crippen LogP contribution < -0.4 is 4.74 Å². The van der Waals surface area contributed by atoms with E-state index < -0.39 is 5.97 Å². The largest absolute Gasteiger partial charge is 0.497 e. The second-order valence-corrected chi connectivity index (χ2v) is 5.99. The fourth-order valence-corrected chi connectivity index (χ4v) is 2.98. The summed E-state index contributed by atoms with van der Waals surface area (Å²) in [7, 11) is 1.64. The van der Waals surface area contributed by atoms with Crippen LogP contribution in [0.3, 0.4) is 0 Å². The molecule has 20 heavy (non-hydrogen) atoms. The Morgan fingerprint density at radius 2 is 2.10 bits per heavy atom. The second kappa shape index (κ2) is 6.81. The van der Waals surface area contributed by atoms with Gasteiger partial charge in [0.1, 0.15) is 5.75 Å². The highest BCUT2D eigenvalue weighted by Gasteiger charge is 2.09. The van der Waals surface area contributed by atoms with Gasteiger partial charge in [-0.25, -0.2) is 4.79 Å². The highest BCUT2D eigenvalue weighted by Crippen LogP contribution is 2.28. The molecule has 0 aromatic heterocycles. The fourth-order valence-electron chi connectivity index (χ4n) is 1.69. The summed E-state index contributed by atoms with van der Waals surface area (Å²) < 4.78 is 5.77. The summed E-state index contributed by atoms with van der Waals surface area (Å²) in [4.78, 5) is 12.0. The Morgan fingerprint density at radius 1 is 1.30 bits per heavy atom. The van der Waals surface area contributed by atoms with Crippen LogP contribution in [0.1, 0.15) is 15.9 Å². The molecule has 104 valence electrons. The number of thioether (sulfide) groups is 1. The number of carboxylic acid groups (broad SMARTS) is 1. The summed E-state index contributed by atoms with van der Waals surface area (Å²) in [6.45, 7) is 0. The summed E-state index contributed by atoms with van der Waals surface area (Å²) in [5.41, 5.74) is 1.41. The number of halogens is 1. The number of hydrogen-bond donors (Lipinski definition) is 1. The van der Waals surface area contributed by atoms with Gasteiger partial charge in [0.15, 0.2) is 0 Å². The number of ether oxygens (including phenoxy) is 1. The lowest BCUT2D eigenvalue weighted by Gasteiger charge is -2.06. The first-order valence-corrected chi connectivity index (χ1v) is 7.66. The van der Waals surface area contributed by atoms with E-state index in [9.17, 15) is 4.79 Å². The number of carbonyl (C=O) groups is 1. The van der Waals surface area contributed by atoms with Gasteiger partial charge >= 0.3 is 5.97 Å². The van der Waals surface area contributed by atoms with Gasteiger partial charge in [-0.3, -0.25) is 0 Å². The second-order valence-electron chi connectivity index (χ2n) is 4.09. The van der Waals surface area contributed by atoms with Crippen molar-refractivity contribution >= 4 is 33.7 Å². The Morgan fingerprint density at radius 3 is 2.80 bits per heavy atom. The van der Waals surface area contributed by atoms with Gasteiger partial charge in [0.05, 0.1) is 12.7 Å². The lowest BCUT2D eigenvalue weighted by atomic mass is 10.2. The molecule has 0 bridgehead atoms. The van der Waals surface area contributed by atoms with Crippen LogP contribution in [0.5, 0.6) is 5.75 Å². The van der Waals surface area contributed by atoms with Crippen molar-refractivity contribution in [3.63, 3.8) is 0 Å². The van der Waals surface area contributed by atoms with Crippen molar-refractivity contribution in [2.45, 2.75) is 10.6 Å². The molecule has 0 radical (unpaired) electrons. The van der Waals surface area contributed by atoms with E-state index in [4.69, 9.17) is 9.84 Å². The maximum absolute atomic E-state index is 11.1. The summed E-state index contributed by atoms with van der Waals surface area (Å²) in [5.74, 6) is 0.656. The number of hydrogen-bond acceptors (Lipinski definition) is 3. The molecule has 1 N–H and O–H groups in total. The molecule has 2 aromatic rings. The van der Waals surface area contributed by atoms with Crippen LogP contribution in [-0.2, 0) is 5.75 Å². The van der Waals surface area contributed by atoms with E-state index in [1.807, 2.05) is 30.3 Å². The van der Waals surface area contributed by atoms with Gasteiger partial charge in [0.2, 0.25) is 0 Å². The monoisotopic (exact) mass is 352 g/mol. The molecule has 0 aliphatic carbocycles. The zero-order chi connectivity index (χ0) is 14.5. The van der Waals surface area contributed by atoms with Gasteiger partial charge in [0, 0.05) is 15.1 Å². The van der Waals surface area contributed by atoms with Gasteiger partial charge in [-0.05, 0) is 51.8 Å². The molecule has 2 aromatic carbocycles. The van der Waals surface area contributed by atoms with Crippen molar-refractivity contribution in [2.24, 2.45) is 0 Å². The first-order valence-electron chi connectivity index (χ1n) is 5.88. The van der Waals surface area contributed by atoms with E-state index in [1.165, 1.54) is 0 Å². The number of rotatable bonds is 5. The zero-order valence-corrected chi connectivity index (χ0v) is 13.2. The number of aromatic carboxylic acids is 1. The topological polar surface area (TPSA) is 46.5 Å². The maximum Gasteiger partial charge on any atom is 0.336 e. The first kappa shape index (κ1) is 14.9. The molecule has 0 aliphatic heterocycles. The van der Waals surface area contributed by atoms with Crippen molar-refractivity contribution in [3.8, 4) is 5.75 Å². The fraction of sp³-hybridized carbons (Fsp3) is 0.133. The predicted octanol–water partition coefficient (Wildman–Crippen LogP) is 4.45. The van der Waals surface area contributed by atoms with Crippen LogP contribution in [0.15, 0.2) is 51.8 Å². The van der Waals surface area contributed by atoms with E-state index in [2.05, 4.69) is 15.9 Å². The quantitative estimate of drug-likeness (QED) is 0.807. The van der Waals surface area contributed by atoms with E-state index >= 15 is 0 Å². The number of methoxy groups -OCH3 is 1. The lowest BCUT2D eigenvalue weighted by Crippen LogP contribution is -1.97. The van der Waals surface area contributed by atoms with E-state index in [1.54, 1.807) is 31.0 Å². The third kappa shape index (κ3) is 3.77. The maximum atomic E-state index is 11.1. The minimum Gasteiger partial charge on any atom is -0.497 e. The molecule has 0 atom stereocenters. The summed E-state index contributed by atoms with van der Waals surface area (Å²) in [5, 5.41) is 9.09. The molecule has 0 saturated heterocycles. The highest BCUT2D eigenvalue weighted by atomic mass is 79.9. The minimum absolute atomic E-state index is 0.278. The number of benzene rings is 2. The predicted molar refractivity (Wildman–Crippen MR) is 83.7 cm³/mol. The van der Waals surface area contributed by atoms with E-state index in [-0.39, 0.29) is 5.56 Å². The molecule has 3 nitrogen and oxygen atoms in total. The SMILES string of the molecule is COc1cccc(CSc2ccc(Br)c(C(=O)O)c2)c1. The first-order chi connectivity index (χ1) is 9.60. The molecule has 0 aliphatic rings. The van der Waals surface area contributed by atoms with E-state index in [0.717, 1.165) is 22.0 Å². The van der Waals surface area contributed by atoms with Gasteiger partial charge < -0.3 is 9.84 Å². The van der Waals surface area contributed by atoms with Crippen LogP contribution in [0, 0.1) is 0 Å². The average molecular weight is 353 g/mol. The Bertz CT molecular complexity index is 628. The van der Waals surface area contributed by atoms with Gasteiger partial charge in [-0.2, -0.15) is 0 Å². The molecule has 2 rings (SSSR count).